The first kappa shape index (κ1) is 16.5. The third-order valence-electron chi connectivity index (χ3n) is 2.86. The predicted octanol–water partition coefficient (Wildman–Crippen LogP) is 2.00. The van der Waals surface area contributed by atoms with Gasteiger partial charge in [0.1, 0.15) is 0 Å². The van der Waals surface area contributed by atoms with E-state index in [2.05, 4.69) is 16.0 Å². The quantitative estimate of drug-likeness (QED) is 0.648. The molecule has 7 nitrogen and oxygen atoms in total. The minimum atomic E-state index is -0.650. The van der Waals surface area contributed by atoms with Crippen LogP contribution in [0.25, 0.3) is 0 Å². The van der Waals surface area contributed by atoms with E-state index >= 15 is 0 Å². The molecule has 4 amide bonds. The molecule has 0 spiro atoms. The van der Waals surface area contributed by atoms with Crippen molar-refractivity contribution in [1.82, 2.24) is 5.32 Å². The Morgan fingerprint density at radius 3 is 2.22 bits per heavy atom. The molecule has 1 aromatic carbocycles. The fourth-order valence-corrected chi connectivity index (χ4v) is 2.42. The van der Waals surface area contributed by atoms with E-state index in [0.29, 0.717) is 16.9 Å². The highest BCUT2D eigenvalue weighted by Crippen LogP contribution is 2.13. The van der Waals surface area contributed by atoms with Crippen LogP contribution >= 0.6 is 11.3 Å². The van der Waals surface area contributed by atoms with Crippen LogP contribution in [0.3, 0.4) is 0 Å². The lowest BCUT2D eigenvalue weighted by atomic mass is 10.2. The molecular weight excluding hydrogens is 316 g/mol. The number of urea groups is 1. The van der Waals surface area contributed by atoms with Crippen LogP contribution in [0, 0.1) is 0 Å². The van der Waals surface area contributed by atoms with Gasteiger partial charge in [-0.05, 0) is 35.7 Å². The van der Waals surface area contributed by atoms with Gasteiger partial charge in [0.2, 0.25) is 5.91 Å². The van der Waals surface area contributed by atoms with Crippen LogP contribution in [0.1, 0.15) is 16.8 Å². The fourth-order valence-electron chi connectivity index (χ4n) is 1.79. The molecule has 1 heterocycles. The molecule has 0 unspecified atom stereocenters. The molecule has 2 rings (SSSR count). The maximum Gasteiger partial charge on any atom is 0.316 e. The maximum absolute atomic E-state index is 11.8. The molecule has 5 N–H and O–H groups in total. The van der Waals surface area contributed by atoms with E-state index in [-0.39, 0.29) is 24.8 Å². The van der Waals surface area contributed by atoms with Gasteiger partial charge in [0.25, 0.3) is 5.91 Å². The summed E-state index contributed by atoms with van der Waals surface area (Å²) in [4.78, 5) is 34.2. The Kier molecular flexibility index (Phi) is 5.70. The molecular formula is C15H16N4O3S. The van der Waals surface area contributed by atoms with Crippen LogP contribution in [-0.4, -0.2) is 24.4 Å². The van der Waals surface area contributed by atoms with Gasteiger partial charge in [-0.3, -0.25) is 9.59 Å². The zero-order valence-electron chi connectivity index (χ0n) is 12.2. The van der Waals surface area contributed by atoms with Crippen LogP contribution in [0.5, 0.6) is 0 Å². The SMILES string of the molecule is NC(=O)Nc1ccc(NC(=O)CCNC(=O)c2ccsc2)cc1. The molecule has 23 heavy (non-hydrogen) atoms. The Balaban J connectivity index is 1.74. The van der Waals surface area contributed by atoms with Gasteiger partial charge in [-0.2, -0.15) is 11.3 Å². The number of thiophene rings is 1. The van der Waals surface area contributed by atoms with Crippen molar-refractivity contribution < 1.29 is 14.4 Å². The van der Waals surface area contributed by atoms with E-state index in [1.165, 1.54) is 11.3 Å². The number of carbonyl (C=O) groups excluding carboxylic acids is 3. The summed E-state index contributed by atoms with van der Waals surface area (Å²) < 4.78 is 0. The van der Waals surface area contributed by atoms with Crippen molar-refractivity contribution in [3.05, 3.63) is 46.7 Å². The molecule has 120 valence electrons. The third-order valence-corrected chi connectivity index (χ3v) is 3.54. The summed E-state index contributed by atoms with van der Waals surface area (Å²) in [6.07, 6.45) is 0.164. The normalized spacial score (nSPS) is 9.91. The van der Waals surface area contributed by atoms with Crippen molar-refractivity contribution in [3.63, 3.8) is 0 Å². The molecule has 0 aliphatic carbocycles. The number of carbonyl (C=O) groups is 3. The van der Waals surface area contributed by atoms with Crippen LogP contribution in [-0.2, 0) is 4.79 Å². The van der Waals surface area contributed by atoms with E-state index in [1.807, 2.05) is 5.38 Å². The molecule has 0 saturated heterocycles. The number of nitrogens with two attached hydrogens (primary N) is 1. The predicted molar refractivity (Wildman–Crippen MR) is 89.5 cm³/mol. The van der Waals surface area contributed by atoms with Crippen LogP contribution in [0.4, 0.5) is 16.2 Å². The topological polar surface area (TPSA) is 113 Å². The van der Waals surface area contributed by atoms with Gasteiger partial charge in [-0.1, -0.05) is 0 Å². The number of benzene rings is 1. The monoisotopic (exact) mass is 332 g/mol. The second-order valence-corrected chi connectivity index (χ2v) is 5.41. The molecule has 0 radical (unpaired) electrons. The van der Waals surface area contributed by atoms with E-state index in [4.69, 9.17) is 5.73 Å². The summed E-state index contributed by atoms with van der Waals surface area (Å²) in [5.41, 5.74) is 6.73. The molecule has 0 saturated carbocycles. The minimum absolute atomic E-state index is 0.164. The lowest BCUT2D eigenvalue weighted by Crippen LogP contribution is -2.27. The first-order chi connectivity index (χ1) is 11.0. The second-order valence-electron chi connectivity index (χ2n) is 4.63. The number of amides is 4. The van der Waals surface area contributed by atoms with Crippen LogP contribution in [0.15, 0.2) is 41.1 Å². The molecule has 0 atom stereocenters. The van der Waals surface area contributed by atoms with Crippen molar-refractivity contribution in [2.75, 3.05) is 17.2 Å². The summed E-state index contributed by atoms with van der Waals surface area (Å²) in [6, 6.07) is 7.61. The Bertz CT molecular complexity index is 683. The largest absolute Gasteiger partial charge is 0.351 e. The molecule has 0 fully saturated rings. The highest BCUT2D eigenvalue weighted by Gasteiger charge is 2.07. The smallest absolute Gasteiger partial charge is 0.316 e. The van der Waals surface area contributed by atoms with Gasteiger partial charge < -0.3 is 21.7 Å². The molecule has 1 aromatic heterocycles. The summed E-state index contributed by atoms with van der Waals surface area (Å²) in [7, 11) is 0. The Morgan fingerprint density at radius 1 is 1.00 bits per heavy atom. The average molecular weight is 332 g/mol. The molecule has 0 aliphatic heterocycles. The summed E-state index contributed by atoms with van der Waals surface area (Å²) in [6.45, 7) is 0.252. The first-order valence-electron chi connectivity index (χ1n) is 6.81. The number of primary amides is 1. The van der Waals surface area contributed by atoms with Gasteiger partial charge in [-0.25, -0.2) is 4.79 Å². The number of hydrogen-bond donors (Lipinski definition) is 4. The Labute approximate surface area is 136 Å². The van der Waals surface area contributed by atoms with E-state index in [0.717, 1.165) is 0 Å². The van der Waals surface area contributed by atoms with Gasteiger partial charge >= 0.3 is 6.03 Å². The average Bonchev–Trinajstić information content (AvgIpc) is 3.03. The van der Waals surface area contributed by atoms with Crippen LogP contribution < -0.4 is 21.7 Å². The zero-order chi connectivity index (χ0) is 16.7. The van der Waals surface area contributed by atoms with Gasteiger partial charge in [0.15, 0.2) is 0 Å². The lowest BCUT2D eigenvalue weighted by Gasteiger charge is -2.07. The van der Waals surface area contributed by atoms with Crippen molar-refractivity contribution >= 4 is 40.6 Å². The van der Waals surface area contributed by atoms with Crippen molar-refractivity contribution in [3.8, 4) is 0 Å². The summed E-state index contributed by atoms with van der Waals surface area (Å²) in [5.74, 6) is -0.410. The van der Waals surface area contributed by atoms with Crippen molar-refractivity contribution in [2.45, 2.75) is 6.42 Å². The molecule has 8 heteroatoms. The molecule has 0 bridgehead atoms. The highest BCUT2D eigenvalue weighted by molar-refractivity contribution is 7.08. The zero-order valence-corrected chi connectivity index (χ0v) is 13.0. The van der Waals surface area contributed by atoms with Crippen molar-refractivity contribution in [1.29, 1.82) is 0 Å². The van der Waals surface area contributed by atoms with E-state index in [1.54, 1.807) is 35.7 Å². The number of rotatable bonds is 6. The molecule has 0 aliphatic rings. The highest BCUT2D eigenvalue weighted by atomic mass is 32.1. The summed E-state index contributed by atoms with van der Waals surface area (Å²) >= 11 is 1.44. The maximum atomic E-state index is 11.8. The summed E-state index contributed by atoms with van der Waals surface area (Å²) in [5, 5.41) is 11.4. The van der Waals surface area contributed by atoms with E-state index in [9.17, 15) is 14.4 Å². The van der Waals surface area contributed by atoms with Gasteiger partial charge in [0, 0.05) is 35.3 Å². The van der Waals surface area contributed by atoms with Gasteiger partial charge in [0.05, 0.1) is 0 Å². The minimum Gasteiger partial charge on any atom is -0.351 e. The second kappa shape index (κ2) is 7.95. The van der Waals surface area contributed by atoms with Gasteiger partial charge in [-0.15, -0.1) is 0 Å². The lowest BCUT2D eigenvalue weighted by molar-refractivity contribution is -0.116. The Morgan fingerprint density at radius 2 is 1.65 bits per heavy atom. The number of hydrogen-bond acceptors (Lipinski definition) is 4. The first-order valence-corrected chi connectivity index (χ1v) is 7.75. The number of anilines is 2. The Hall–Kier alpha value is -2.87. The number of nitrogens with one attached hydrogen (secondary N) is 3. The third kappa shape index (κ3) is 5.44. The van der Waals surface area contributed by atoms with Crippen molar-refractivity contribution in [2.24, 2.45) is 5.73 Å². The standard InChI is InChI=1S/C15H16N4O3S/c16-15(22)19-12-3-1-11(2-4-12)18-13(20)5-7-17-14(21)10-6-8-23-9-10/h1-4,6,8-9H,5,7H2,(H,17,21)(H,18,20)(H3,16,19,22). The van der Waals surface area contributed by atoms with E-state index < -0.39 is 6.03 Å². The molecule has 2 aromatic rings. The van der Waals surface area contributed by atoms with Crippen LogP contribution in [0.2, 0.25) is 0 Å². The fraction of sp³-hybridized carbons (Fsp3) is 0.133.